The van der Waals surface area contributed by atoms with Gasteiger partial charge >= 0.3 is 0 Å². The fourth-order valence-corrected chi connectivity index (χ4v) is 5.61. The zero-order valence-electron chi connectivity index (χ0n) is 18.0. The van der Waals surface area contributed by atoms with Crippen LogP contribution in [0.15, 0.2) is 47.4 Å². The maximum absolute atomic E-state index is 6.60. The van der Waals surface area contributed by atoms with Gasteiger partial charge in [0.1, 0.15) is 10.7 Å². The van der Waals surface area contributed by atoms with Crippen LogP contribution in [0.4, 0.5) is 0 Å². The van der Waals surface area contributed by atoms with E-state index in [1.54, 1.807) is 29.2 Å². The van der Waals surface area contributed by atoms with Gasteiger partial charge in [-0.1, -0.05) is 86.0 Å². The number of hydrogen-bond acceptors (Lipinski definition) is 5. The molecule has 2 aromatic carbocycles. The summed E-state index contributed by atoms with van der Waals surface area (Å²) >= 11 is 22.2. The molecular weight excluding hydrogens is 503 g/mol. The first-order chi connectivity index (χ1) is 15.2. The summed E-state index contributed by atoms with van der Waals surface area (Å²) in [7, 11) is 0. The van der Waals surface area contributed by atoms with Crippen molar-refractivity contribution in [3.05, 3.63) is 62.5 Å². The van der Waals surface area contributed by atoms with Gasteiger partial charge in [-0.25, -0.2) is 4.68 Å². The van der Waals surface area contributed by atoms with E-state index in [2.05, 4.69) is 37.9 Å². The average Bonchev–Trinajstić information content (AvgIpc) is 3.34. The van der Waals surface area contributed by atoms with Gasteiger partial charge in [0.05, 0.1) is 21.3 Å². The lowest BCUT2D eigenvalue weighted by Gasteiger charge is -2.12. The second kappa shape index (κ2) is 9.35. The van der Waals surface area contributed by atoms with E-state index in [1.807, 2.05) is 41.1 Å². The predicted octanol–water partition coefficient (Wildman–Crippen LogP) is 8.43. The minimum atomic E-state index is -0.0883. The lowest BCUT2D eigenvalue weighted by Crippen LogP contribution is -2.10. The van der Waals surface area contributed by atoms with E-state index >= 15 is 0 Å². The van der Waals surface area contributed by atoms with E-state index in [0.29, 0.717) is 15.1 Å². The highest BCUT2D eigenvalue weighted by atomic mass is 35.5. The lowest BCUT2D eigenvalue weighted by atomic mass is 9.98. The summed E-state index contributed by atoms with van der Waals surface area (Å²) in [5.41, 5.74) is 3.36. The first-order valence-electron chi connectivity index (χ1n) is 10.0. The zero-order chi connectivity index (χ0) is 23.0. The molecule has 32 heavy (non-hydrogen) atoms. The van der Waals surface area contributed by atoms with Crippen LogP contribution in [0.2, 0.25) is 15.1 Å². The molecule has 0 atom stereocenters. The van der Waals surface area contributed by atoms with E-state index in [-0.39, 0.29) is 5.41 Å². The molecule has 166 valence electrons. The van der Waals surface area contributed by atoms with Gasteiger partial charge in [0.25, 0.3) is 0 Å². The Hall–Kier alpha value is -1.57. The topological polar surface area (TPSA) is 43.6 Å². The summed E-state index contributed by atoms with van der Waals surface area (Å²) in [6, 6.07) is 13.1. The first kappa shape index (κ1) is 23.6. The summed E-state index contributed by atoms with van der Waals surface area (Å²) in [5, 5.41) is 17.4. The molecule has 0 aliphatic heterocycles. The monoisotopic (exact) mass is 522 g/mol. The fraction of sp³-hybridized carbons (Fsp3) is 0.261. The van der Waals surface area contributed by atoms with Crippen molar-refractivity contribution in [1.82, 2.24) is 20.0 Å². The van der Waals surface area contributed by atoms with Gasteiger partial charge in [0.2, 0.25) is 0 Å². The summed E-state index contributed by atoms with van der Waals surface area (Å²) in [5.74, 6) is 0.874. The molecule has 0 spiro atoms. The van der Waals surface area contributed by atoms with Gasteiger partial charge in [0.15, 0.2) is 5.01 Å². The second-order valence-corrected chi connectivity index (χ2v) is 11.7. The van der Waals surface area contributed by atoms with Gasteiger partial charge in [0, 0.05) is 21.0 Å². The number of benzene rings is 2. The summed E-state index contributed by atoms with van der Waals surface area (Å²) < 4.78 is 1.87. The van der Waals surface area contributed by atoms with Crippen LogP contribution in [0, 0.1) is 0 Å². The predicted molar refractivity (Wildman–Crippen MR) is 138 cm³/mol. The molecule has 9 heteroatoms. The highest BCUT2D eigenvalue weighted by Crippen LogP contribution is 2.43. The quantitative estimate of drug-likeness (QED) is 0.246. The maximum atomic E-state index is 6.60. The van der Waals surface area contributed by atoms with E-state index in [1.165, 1.54) is 0 Å². The summed E-state index contributed by atoms with van der Waals surface area (Å²) in [4.78, 5) is 1.03. The van der Waals surface area contributed by atoms with Crippen molar-refractivity contribution in [2.24, 2.45) is 0 Å². The van der Waals surface area contributed by atoms with Crippen molar-refractivity contribution in [1.29, 1.82) is 0 Å². The third kappa shape index (κ3) is 4.70. The average molecular weight is 524 g/mol. The van der Waals surface area contributed by atoms with Crippen LogP contribution in [-0.4, -0.2) is 25.7 Å². The Morgan fingerprint density at radius 2 is 1.66 bits per heavy atom. The highest BCUT2D eigenvalue weighted by molar-refractivity contribution is 7.99. The minimum Gasteiger partial charge on any atom is -0.230 e. The van der Waals surface area contributed by atoms with E-state index in [4.69, 9.17) is 39.9 Å². The molecule has 4 aromatic rings. The molecule has 0 amide bonds. The third-order valence-electron chi connectivity index (χ3n) is 4.66. The van der Waals surface area contributed by atoms with Crippen LogP contribution >= 0.6 is 57.9 Å². The molecule has 0 radical (unpaired) electrons. The molecule has 0 saturated heterocycles. The minimum absolute atomic E-state index is 0.0883. The van der Waals surface area contributed by atoms with Crippen LogP contribution in [0.1, 0.15) is 32.7 Å². The Balaban J connectivity index is 2.01. The Kier molecular flexibility index (Phi) is 6.89. The molecule has 4 nitrogen and oxygen atoms in total. The molecule has 0 saturated carbocycles. The Bertz CT molecular complexity index is 1260. The van der Waals surface area contributed by atoms with Crippen molar-refractivity contribution in [2.45, 2.75) is 38.0 Å². The van der Waals surface area contributed by atoms with Crippen molar-refractivity contribution in [3.8, 4) is 27.6 Å². The third-order valence-corrected chi connectivity index (χ3v) is 7.76. The maximum Gasteiger partial charge on any atom is 0.169 e. The smallest absolute Gasteiger partial charge is 0.169 e. The standard InChI is InChI=1S/C23H21Cl3N4S2/c1-5-31-20-18(21-27-28-22(32-21)23(2,3)4)29-30(17-11-10-15(25)12-16(17)26)19(20)13-6-8-14(24)9-7-13/h6-12H,5H2,1-4H3. The van der Waals surface area contributed by atoms with Crippen LogP contribution in [0.3, 0.4) is 0 Å². The number of hydrogen-bond donors (Lipinski definition) is 0. The Morgan fingerprint density at radius 1 is 0.969 bits per heavy atom. The van der Waals surface area contributed by atoms with Crippen molar-refractivity contribution in [3.63, 3.8) is 0 Å². The number of thioether (sulfide) groups is 1. The molecule has 0 aliphatic rings. The zero-order valence-corrected chi connectivity index (χ0v) is 21.9. The van der Waals surface area contributed by atoms with E-state index in [9.17, 15) is 0 Å². The molecule has 0 unspecified atom stereocenters. The molecule has 0 N–H and O–H groups in total. The fourth-order valence-electron chi connectivity index (χ4n) is 3.14. The largest absolute Gasteiger partial charge is 0.230 e. The highest BCUT2D eigenvalue weighted by Gasteiger charge is 2.27. The van der Waals surface area contributed by atoms with Gasteiger partial charge in [-0.15, -0.1) is 22.0 Å². The van der Waals surface area contributed by atoms with Crippen molar-refractivity contribution in [2.75, 3.05) is 5.75 Å². The molecular formula is C23H21Cl3N4S2. The SMILES string of the molecule is CCSc1c(-c2nnc(C(C)(C)C)s2)nn(-c2ccc(Cl)cc2Cl)c1-c1ccc(Cl)cc1. The van der Waals surface area contributed by atoms with Gasteiger partial charge in [-0.05, 0) is 36.1 Å². The molecule has 0 aliphatic carbocycles. The van der Waals surface area contributed by atoms with Crippen LogP contribution in [0.25, 0.3) is 27.6 Å². The first-order valence-corrected chi connectivity index (χ1v) is 12.9. The number of halogens is 3. The summed E-state index contributed by atoms with van der Waals surface area (Å²) in [6.07, 6.45) is 0. The second-order valence-electron chi connectivity index (χ2n) is 8.14. The van der Waals surface area contributed by atoms with Gasteiger partial charge in [-0.2, -0.15) is 5.10 Å². The van der Waals surface area contributed by atoms with Gasteiger partial charge in [-0.3, -0.25) is 0 Å². The molecule has 4 rings (SSSR count). The van der Waals surface area contributed by atoms with Crippen LogP contribution in [-0.2, 0) is 5.41 Å². The van der Waals surface area contributed by atoms with Gasteiger partial charge < -0.3 is 0 Å². The van der Waals surface area contributed by atoms with Crippen molar-refractivity contribution < 1.29 is 0 Å². The lowest BCUT2D eigenvalue weighted by molar-refractivity contribution is 0.578. The molecule has 0 fully saturated rings. The van der Waals surface area contributed by atoms with Crippen LogP contribution < -0.4 is 0 Å². The number of rotatable bonds is 5. The Labute approximate surface area is 210 Å². The normalized spacial score (nSPS) is 11.8. The number of aromatic nitrogens is 4. The Morgan fingerprint density at radius 3 is 2.25 bits per heavy atom. The van der Waals surface area contributed by atoms with E-state index in [0.717, 1.165) is 43.3 Å². The summed E-state index contributed by atoms with van der Waals surface area (Å²) in [6.45, 7) is 8.51. The van der Waals surface area contributed by atoms with Crippen molar-refractivity contribution >= 4 is 57.9 Å². The number of nitrogens with zero attached hydrogens (tertiary/aromatic N) is 4. The molecule has 0 bridgehead atoms. The molecule has 2 aromatic heterocycles. The molecule has 2 heterocycles. The van der Waals surface area contributed by atoms with Crippen LogP contribution in [0.5, 0.6) is 0 Å². The van der Waals surface area contributed by atoms with E-state index < -0.39 is 0 Å².